The molecule has 5 nitrogen and oxygen atoms in total. The lowest BCUT2D eigenvalue weighted by Gasteiger charge is -2.29. The van der Waals surface area contributed by atoms with Gasteiger partial charge in [0.25, 0.3) is 5.91 Å². The van der Waals surface area contributed by atoms with Crippen molar-refractivity contribution in [3.05, 3.63) is 34.3 Å². The first-order valence-electron chi connectivity index (χ1n) is 7.22. The molecular weight excluding hydrogens is 284 g/mol. The molecule has 0 radical (unpaired) electrons. The van der Waals surface area contributed by atoms with Gasteiger partial charge in [-0.05, 0) is 48.5 Å². The Morgan fingerprint density at radius 3 is 3.14 bits per heavy atom. The van der Waals surface area contributed by atoms with E-state index in [2.05, 4.69) is 16.5 Å². The Labute approximate surface area is 127 Å². The van der Waals surface area contributed by atoms with E-state index in [4.69, 9.17) is 5.73 Å². The molecule has 1 aromatic carbocycles. The number of carbonyl (C=O) groups excluding carboxylic acids is 1. The molecule has 0 spiro atoms. The van der Waals surface area contributed by atoms with Crippen molar-refractivity contribution >= 4 is 28.8 Å². The van der Waals surface area contributed by atoms with Gasteiger partial charge in [-0.25, -0.2) is 0 Å². The molecule has 6 heteroatoms. The van der Waals surface area contributed by atoms with E-state index in [0.717, 1.165) is 43.6 Å². The quantitative estimate of drug-likeness (QED) is 0.885. The number of nitrogens with two attached hydrogens (primary N) is 1. The Morgan fingerprint density at radius 2 is 2.33 bits per heavy atom. The van der Waals surface area contributed by atoms with Gasteiger partial charge in [-0.2, -0.15) is 0 Å². The van der Waals surface area contributed by atoms with Crippen LogP contribution < -0.4 is 10.6 Å². The maximum Gasteiger partial charge on any atom is 0.271 e. The van der Waals surface area contributed by atoms with Gasteiger partial charge in [0.1, 0.15) is 4.88 Å². The third-order valence-corrected chi connectivity index (χ3v) is 4.47. The van der Waals surface area contributed by atoms with Crippen LogP contribution in [0.2, 0.25) is 0 Å². The Bertz CT molecular complexity index is 667. The molecule has 1 aliphatic heterocycles. The molecule has 0 saturated carbocycles. The van der Waals surface area contributed by atoms with Crippen molar-refractivity contribution in [1.29, 1.82) is 0 Å². The number of nitrogens with zero attached hydrogens (tertiary/aromatic N) is 3. The van der Waals surface area contributed by atoms with Crippen LogP contribution in [0.5, 0.6) is 0 Å². The molecule has 1 aliphatic rings. The lowest BCUT2D eigenvalue weighted by Crippen LogP contribution is -2.35. The van der Waals surface area contributed by atoms with Crippen molar-refractivity contribution in [1.82, 2.24) is 9.59 Å². The number of benzene rings is 1. The summed E-state index contributed by atoms with van der Waals surface area (Å²) in [5, 5.41) is 4.09. The van der Waals surface area contributed by atoms with E-state index in [-0.39, 0.29) is 5.91 Å². The summed E-state index contributed by atoms with van der Waals surface area (Å²) in [5.74, 6) is 0.000000000000000222. The summed E-state index contributed by atoms with van der Waals surface area (Å²) >= 11 is 1.19. The summed E-state index contributed by atoms with van der Waals surface area (Å²) in [7, 11) is 0. The second-order valence-electron chi connectivity index (χ2n) is 5.25. The lowest BCUT2D eigenvalue weighted by molar-refractivity contribution is 0.0988. The molecule has 0 saturated heterocycles. The number of nitrogen functional groups attached to an aromatic ring is 1. The second kappa shape index (κ2) is 5.81. The molecule has 3 rings (SSSR count). The highest BCUT2D eigenvalue weighted by Crippen LogP contribution is 2.31. The van der Waals surface area contributed by atoms with Crippen molar-refractivity contribution < 1.29 is 4.79 Å². The minimum absolute atomic E-state index is 0.000000000000000222. The molecule has 21 heavy (non-hydrogen) atoms. The minimum Gasteiger partial charge on any atom is -0.399 e. The van der Waals surface area contributed by atoms with E-state index in [1.54, 1.807) is 0 Å². The summed E-state index contributed by atoms with van der Waals surface area (Å²) in [6.45, 7) is 2.79. The van der Waals surface area contributed by atoms with Crippen LogP contribution in [0.25, 0.3) is 0 Å². The molecule has 1 amide bonds. The predicted octanol–water partition coefficient (Wildman–Crippen LogP) is 2.67. The van der Waals surface area contributed by atoms with Crippen LogP contribution in [-0.2, 0) is 12.8 Å². The average Bonchev–Trinajstić information content (AvgIpc) is 2.94. The van der Waals surface area contributed by atoms with E-state index < -0.39 is 0 Å². The van der Waals surface area contributed by atoms with Crippen molar-refractivity contribution in [3.8, 4) is 0 Å². The van der Waals surface area contributed by atoms with Crippen molar-refractivity contribution in [2.24, 2.45) is 0 Å². The first kappa shape index (κ1) is 14.0. The average molecular weight is 302 g/mol. The summed E-state index contributed by atoms with van der Waals surface area (Å²) in [6.07, 6.45) is 3.70. The maximum atomic E-state index is 12.8. The number of rotatable bonds is 3. The fourth-order valence-electron chi connectivity index (χ4n) is 2.70. The third kappa shape index (κ3) is 2.63. The highest BCUT2D eigenvalue weighted by Gasteiger charge is 2.27. The van der Waals surface area contributed by atoms with Crippen LogP contribution in [0.15, 0.2) is 18.2 Å². The maximum absolute atomic E-state index is 12.8. The van der Waals surface area contributed by atoms with E-state index in [9.17, 15) is 4.79 Å². The Balaban J connectivity index is 1.96. The molecule has 1 aromatic heterocycles. The summed E-state index contributed by atoms with van der Waals surface area (Å²) in [6, 6.07) is 5.80. The minimum atomic E-state index is 0.000000000000000222. The molecule has 0 unspecified atom stereocenters. The van der Waals surface area contributed by atoms with Gasteiger partial charge in [-0.15, -0.1) is 5.10 Å². The smallest absolute Gasteiger partial charge is 0.271 e. The van der Waals surface area contributed by atoms with Crippen LogP contribution in [0.3, 0.4) is 0 Å². The zero-order valence-electron chi connectivity index (χ0n) is 12.0. The fraction of sp³-hybridized carbons (Fsp3) is 0.400. The van der Waals surface area contributed by atoms with Crippen LogP contribution in [0.4, 0.5) is 11.4 Å². The molecule has 110 valence electrons. The summed E-state index contributed by atoms with van der Waals surface area (Å²) < 4.78 is 3.95. The van der Waals surface area contributed by atoms with Crippen LogP contribution in [-0.4, -0.2) is 22.0 Å². The monoisotopic (exact) mass is 302 g/mol. The van der Waals surface area contributed by atoms with Crippen molar-refractivity contribution in [2.75, 3.05) is 17.2 Å². The molecule has 0 aliphatic carbocycles. The fourth-order valence-corrected chi connectivity index (χ4v) is 3.35. The molecule has 2 aromatic rings. The standard InChI is InChI=1S/C15H18N4OS/c1-2-4-12-14(21-18-17-12)15(20)19-8-3-5-10-6-7-11(16)9-13(10)19/h6-7,9H,2-5,8,16H2,1H3. The highest BCUT2D eigenvalue weighted by molar-refractivity contribution is 7.08. The van der Waals surface area contributed by atoms with E-state index >= 15 is 0 Å². The largest absolute Gasteiger partial charge is 0.399 e. The van der Waals surface area contributed by atoms with Gasteiger partial charge in [0.15, 0.2) is 0 Å². The number of fused-ring (bicyclic) bond motifs is 1. The van der Waals surface area contributed by atoms with Crippen LogP contribution >= 0.6 is 11.5 Å². The Kier molecular flexibility index (Phi) is 3.88. The molecule has 2 heterocycles. The zero-order chi connectivity index (χ0) is 14.8. The summed E-state index contributed by atoms with van der Waals surface area (Å²) in [4.78, 5) is 15.3. The predicted molar refractivity (Wildman–Crippen MR) is 84.8 cm³/mol. The van der Waals surface area contributed by atoms with Crippen LogP contribution in [0.1, 0.15) is 40.7 Å². The van der Waals surface area contributed by atoms with E-state index in [1.807, 2.05) is 23.1 Å². The molecule has 0 bridgehead atoms. The van der Waals surface area contributed by atoms with Gasteiger partial charge in [-0.1, -0.05) is 23.9 Å². The third-order valence-electron chi connectivity index (χ3n) is 3.71. The number of hydrogen-bond acceptors (Lipinski definition) is 5. The highest BCUT2D eigenvalue weighted by atomic mass is 32.1. The van der Waals surface area contributed by atoms with Gasteiger partial charge >= 0.3 is 0 Å². The Morgan fingerprint density at radius 1 is 1.48 bits per heavy atom. The van der Waals surface area contributed by atoms with Gasteiger partial charge in [-0.3, -0.25) is 4.79 Å². The first-order chi connectivity index (χ1) is 10.2. The van der Waals surface area contributed by atoms with Gasteiger partial charge < -0.3 is 10.6 Å². The van der Waals surface area contributed by atoms with E-state index in [0.29, 0.717) is 10.6 Å². The molecular formula is C15H18N4OS. The first-order valence-corrected chi connectivity index (χ1v) is 7.99. The van der Waals surface area contributed by atoms with E-state index in [1.165, 1.54) is 17.1 Å². The van der Waals surface area contributed by atoms with Gasteiger partial charge in [0.2, 0.25) is 0 Å². The van der Waals surface area contributed by atoms with Crippen LogP contribution in [0, 0.1) is 0 Å². The topological polar surface area (TPSA) is 72.1 Å². The second-order valence-corrected chi connectivity index (χ2v) is 6.00. The molecule has 0 atom stereocenters. The van der Waals surface area contributed by atoms with Crippen molar-refractivity contribution in [2.45, 2.75) is 32.6 Å². The van der Waals surface area contributed by atoms with Crippen molar-refractivity contribution in [3.63, 3.8) is 0 Å². The number of carbonyl (C=O) groups is 1. The normalized spacial score (nSPS) is 14.0. The zero-order valence-corrected chi connectivity index (χ0v) is 12.8. The number of hydrogen-bond donors (Lipinski definition) is 1. The molecule has 2 N–H and O–H groups in total. The SMILES string of the molecule is CCCc1nnsc1C(=O)N1CCCc2ccc(N)cc21. The Hall–Kier alpha value is -1.95. The number of amides is 1. The molecule has 0 fully saturated rings. The van der Waals surface area contributed by atoms with Gasteiger partial charge in [0.05, 0.1) is 5.69 Å². The number of aromatic nitrogens is 2. The number of anilines is 2. The van der Waals surface area contributed by atoms with Gasteiger partial charge in [0, 0.05) is 17.9 Å². The lowest BCUT2D eigenvalue weighted by atomic mass is 10.0. The summed E-state index contributed by atoms with van der Waals surface area (Å²) in [5.41, 5.74) is 9.49. The number of aryl methyl sites for hydroxylation is 2.